The number of nitrogens with zero attached hydrogens (tertiary/aromatic N) is 6. The Kier molecular flexibility index (Phi) is 6.52. The van der Waals surface area contributed by atoms with Gasteiger partial charge in [0, 0.05) is 32.9 Å². The van der Waals surface area contributed by atoms with Crippen molar-refractivity contribution in [1.29, 1.82) is 0 Å². The van der Waals surface area contributed by atoms with Crippen LogP contribution in [0.15, 0.2) is 34.5 Å². The molecule has 3 aromatic heterocycles. The van der Waals surface area contributed by atoms with Gasteiger partial charge in [-0.3, -0.25) is 9.59 Å². The van der Waals surface area contributed by atoms with Crippen molar-refractivity contribution in [1.82, 2.24) is 29.6 Å². The number of hydrogen-bond acceptors (Lipinski definition) is 8. The summed E-state index contributed by atoms with van der Waals surface area (Å²) in [5, 5.41) is 8.87. The van der Waals surface area contributed by atoms with Gasteiger partial charge in [0.1, 0.15) is 11.4 Å². The lowest BCUT2D eigenvalue weighted by atomic mass is 10.2. The summed E-state index contributed by atoms with van der Waals surface area (Å²) in [6.07, 6.45) is 3.39. The Hall–Kier alpha value is -2.92. The molecule has 0 atom stereocenters. The van der Waals surface area contributed by atoms with Crippen LogP contribution in [0.2, 0.25) is 0 Å². The molecular formula is C20H25N7O3S. The molecule has 0 bridgehead atoms. The smallest absolute Gasteiger partial charge is 0.263 e. The second-order valence-corrected chi connectivity index (χ2v) is 8.29. The summed E-state index contributed by atoms with van der Waals surface area (Å²) < 4.78 is 8.62. The van der Waals surface area contributed by atoms with Crippen molar-refractivity contribution in [3.05, 3.63) is 40.4 Å². The standard InChI is InChI=1S/C20H25N7O3S/c1-3-31-20-23-16(26-9-11-30-12-10-26)15-13-22-27(17(15)24-20)8-6-21-18(28)14-5-4-7-25(2)19(14)29/h4-5,7,13H,3,6,8-12H2,1-2H3,(H,21,28). The quantitative estimate of drug-likeness (QED) is 0.424. The fourth-order valence-electron chi connectivity index (χ4n) is 3.44. The van der Waals surface area contributed by atoms with E-state index in [9.17, 15) is 9.59 Å². The lowest BCUT2D eigenvalue weighted by Crippen LogP contribution is -2.37. The van der Waals surface area contributed by atoms with E-state index in [-0.39, 0.29) is 11.1 Å². The topological polar surface area (TPSA) is 107 Å². The van der Waals surface area contributed by atoms with Gasteiger partial charge in [0.15, 0.2) is 10.8 Å². The minimum Gasteiger partial charge on any atom is -0.378 e. The Morgan fingerprint density at radius 3 is 2.87 bits per heavy atom. The van der Waals surface area contributed by atoms with Crippen LogP contribution >= 0.6 is 11.8 Å². The van der Waals surface area contributed by atoms with E-state index in [2.05, 4.69) is 22.2 Å². The lowest BCUT2D eigenvalue weighted by Gasteiger charge is -2.28. The second-order valence-electron chi connectivity index (χ2n) is 7.06. The number of nitrogens with one attached hydrogen (secondary N) is 1. The van der Waals surface area contributed by atoms with E-state index in [1.54, 1.807) is 42.0 Å². The van der Waals surface area contributed by atoms with Gasteiger partial charge in [-0.25, -0.2) is 14.6 Å². The third-order valence-electron chi connectivity index (χ3n) is 5.02. The van der Waals surface area contributed by atoms with E-state index >= 15 is 0 Å². The fourth-order valence-corrected chi connectivity index (χ4v) is 4.00. The van der Waals surface area contributed by atoms with Crippen LogP contribution in [0.25, 0.3) is 11.0 Å². The number of amides is 1. The van der Waals surface area contributed by atoms with Crippen molar-refractivity contribution in [2.24, 2.45) is 7.05 Å². The zero-order chi connectivity index (χ0) is 21.8. The van der Waals surface area contributed by atoms with Crippen LogP contribution in [0.4, 0.5) is 5.82 Å². The summed E-state index contributed by atoms with van der Waals surface area (Å²) in [6, 6.07) is 3.20. The van der Waals surface area contributed by atoms with Gasteiger partial charge in [-0.05, 0) is 17.9 Å². The van der Waals surface area contributed by atoms with Gasteiger partial charge in [0.25, 0.3) is 11.5 Å². The Balaban J connectivity index is 1.54. The highest BCUT2D eigenvalue weighted by molar-refractivity contribution is 7.99. The number of carbonyl (C=O) groups excluding carboxylic acids is 1. The Morgan fingerprint density at radius 2 is 2.10 bits per heavy atom. The monoisotopic (exact) mass is 443 g/mol. The summed E-state index contributed by atoms with van der Waals surface area (Å²) in [5.74, 6) is 1.33. The van der Waals surface area contributed by atoms with Crippen molar-refractivity contribution in [2.75, 3.05) is 43.5 Å². The van der Waals surface area contributed by atoms with Crippen molar-refractivity contribution in [2.45, 2.75) is 18.6 Å². The molecule has 0 radical (unpaired) electrons. The average molecular weight is 444 g/mol. The molecule has 1 aliphatic heterocycles. The Bertz CT molecular complexity index is 1140. The molecule has 31 heavy (non-hydrogen) atoms. The van der Waals surface area contributed by atoms with Crippen molar-refractivity contribution >= 4 is 34.5 Å². The normalized spacial score (nSPS) is 14.2. The fraction of sp³-hybridized carbons (Fsp3) is 0.450. The first-order valence-electron chi connectivity index (χ1n) is 10.2. The van der Waals surface area contributed by atoms with Crippen molar-refractivity contribution in [3.8, 4) is 0 Å². The lowest BCUT2D eigenvalue weighted by molar-refractivity contribution is 0.0950. The maximum Gasteiger partial charge on any atom is 0.263 e. The summed E-state index contributed by atoms with van der Waals surface area (Å²) in [7, 11) is 1.62. The number of aromatic nitrogens is 5. The molecule has 1 fully saturated rings. The van der Waals surface area contributed by atoms with E-state index in [1.165, 1.54) is 10.6 Å². The number of morpholine rings is 1. The third-order valence-corrected chi connectivity index (χ3v) is 5.75. The molecule has 11 heteroatoms. The summed E-state index contributed by atoms with van der Waals surface area (Å²) >= 11 is 1.58. The molecule has 0 aromatic carbocycles. The number of aryl methyl sites for hydroxylation is 1. The number of carbonyl (C=O) groups is 1. The molecule has 0 unspecified atom stereocenters. The number of anilines is 1. The minimum absolute atomic E-state index is 0.119. The highest BCUT2D eigenvalue weighted by Crippen LogP contribution is 2.27. The van der Waals surface area contributed by atoms with Crippen LogP contribution in [0.3, 0.4) is 0 Å². The molecule has 3 aromatic rings. The minimum atomic E-state index is -0.400. The maximum atomic E-state index is 12.4. The molecule has 0 spiro atoms. The number of thioether (sulfide) groups is 1. The number of pyridine rings is 1. The zero-order valence-corrected chi connectivity index (χ0v) is 18.4. The molecule has 164 valence electrons. The van der Waals surface area contributed by atoms with E-state index in [4.69, 9.17) is 14.7 Å². The summed E-state index contributed by atoms with van der Waals surface area (Å²) in [4.78, 5) is 36.2. The van der Waals surface area contributed by atoms with Crippen LogP contribution in [0.5, 0.6) is 0 Å². The van der Waals surface area contributed by atoms with Gasteiger partial charge < -0.3 is 19.5 Å². The van der Waals surface area contributed by atoms with Gasteiger partial charge >= 0.3 is 0 Å². The molecule has 4 heterocycles. The molecular weight excluding hydrogens is 418 g/mol. The summed E-state index contributed by atoms with van der Waals surface area (Å²) in [5.41, 5.74) is 0.528. The third kappa shape index (κ3) is 4.57. The Morgan fingerprint density at radius 1 is 1.29 bits per heavy atom. The van der Waals surface area contributed by atoms with E-state index < -0.39 is 5.91 Å². The average Bonchev–Trinajstić information content (AvgIpc) is 3.19. The van der Waals surface area contributed by atoms with Gasteiger partial charge in [-0.2, -0.15) is 5.10 Å². The largest absolute Gasteiger partial charge is 0.378 e. The first kappa shape index (κ1) is 21.3. The van der Waals surface area contributed by atoms with Crippen LogP contribution in [-0.4, -0.2) is 68.8 Å². The Labute approximate surface area is 183 Å². The predicted octanol–water partition coefficient (Wildman–Crippen LogP) is 0.904. The number of hydrogen-bond donors (Lipinski definition) is 1. The van der Waals surface area contributed by atoms with Crippen LogP contribution in [-0.2, 0) is 18.3 Å². The number of rotatable bonds is 7. The highest BCUT2D eigenvalue weighted by Gasteiger charge is 2.20. The van der Waals surface area contributed by atoms with Gasteiger partial charge in [0.2, 0.25) is 0 Å². The van der Waals surface area contributed by atoms with Crippen LogP contribution in [0.1, 0.15) is 17.3 Å². The molecule has 0 saturated carbocycles. The van der Waals surface area contributed by atoms with E-state index in [0.29, 0.717) is 31.5 Å². The van der Waals surface area contributed by atoms with Gasteiger partial charge in [-0.15, -0.1) is 0 Å². The highest BCUT2D eigenvalue weighted by atomic mass is 32.2. The van der Waals surface area contributed by atoms with Crippen molar-refractivity contribution < 1.29 is 9.53 Å². The van der Waals surface area contributed by atoms with Gasteiger partial charge in [0.05, 0.1) is 31.3 Å². The molecule has 10 nitrogen and oxygen atoms in total. The van der Waals surface area contributed by atoms with Crippen LogP contribution < -0.4 is 15.8 Å². The molecule has 4 rings (SSSR count). The molecule has 1 saturated heterocycles. The second kappa shape index (κ2) is 9.48. The first-order chi connectivity index (χ1) is 15.1. The first-order valence-corrected chi connectivity index (χ1v) is 11.2. The zero-order valence-electron chi connectivity index (χ0n) is 17.6. The molecule has 1 aliphatic rings. The molecule has 1 N–H and O–H groups in total. The van der Waals surface area contributed by atoms with Crippen LogP contribution in [0, 0.1) is 0 Å². The predicted molar refractivity (Wildman–Crippen MR) is 119 cm³/mol. The summed E-state index contributed by atoms with van der Waals surface area (Å²) in [6.45, 7) is 5.69. The SMILES string of the molecule is CCSc1nc(N2CCOCC2)c2cnn(CCNC(=O)c3cccn(C)c3=O)c2n1. The molecule has 0 aliphatic carbocycles. The number of ether oxygens (including phenoxy) is 1. The van der Waals surface area contributed by atoms with Gasteiger partial charge in [-0.1, -0.05) is 18.7 Å². The van der Waals surface area contributed by atoms with E-state index in [0.717, 1.165) is 35.7 Å². The van der Waals surface area contributed by atoms with E-state index in [1.807, 2.05) is 0 Å². The number of fused-ring (bicyclic) bond motifs is 1. The molecule has 1 amide bonds. The maximum absolute atomic E-state index is 12.4. The van der Waals surface area contributed by atoms with Crippen molar-refractivity contribution in [3.63, 3.8) is 0 Å².